The van der Waals surface area contributed by atoms with Crippen LogP contribution >= 0.6 is 11.6 Å². The molecule has 0 radical (unpaired) electrons. The first-order valence-electron chi connectivity index (χ1n) is 8.33. The molecule has 4 rings (SSSR count). The molecular formula is C20H10ClF3O5S. The van der Waals surface area contributed by atoms with Crippen LogP contribution in [0.25, 0.3) is 33.1 Å². The Bertz CT molecular complexity index is 1460. The molecule has 5 nitrogen and oxygen atoms in total. The average Bonchev–Trinajstić information content (AvgIpc) is 2.66. The van der Waals surface area contributed by atoms with Crippen LogP contribution in [0.3, 0.4) is 0 Å². The minimum Gasteiger partial charge on any atom is -0.456 e. The lowest BCUT2D eigenvalue weighted by molar-refractivity contribution is -0.0499. The highest BCUT2D eigenvalue weighted by Gasteiger charge is 2.49. The summed E-state index contributed by atoms with van der Waals surface area (Å²) >= 11 is 5.97. The Morgan fingerprint density at radius 1 is 0.900 bits per heavy atom. The van der Waals surface area contributed by atoms with Gasteiger partial charge in [-0.25, -0.2) is 0 Å². The van der Waals surface area contributed by atoms with Crippen LogP contribution < -0.4 is 9.61 Å². The molecule has 0 aliphatic heterocycles. The molecule has 1 aromatic heterocycles. The van der Waals surface area contributed by atoms with Crippen molar-refractivity contribution in [1.29, 1.82) is 0 Å². The molecule has 0 bridgehead atoms. The Kier molecular flexibility index (Phi) is 4.74. The number of halogens is 4. The minimum atomic E-state index is -6.03. The van der Waals surface area contributed by atoms with Crippen molar-refractivity contribution in [3.8, 4) is 16.9 Å². The molecule has 10 heteroatoms. The van der Waals surface area contributed by atoms with Gasteiger partial charge in [0, 0.05) is 5.02 Å². The van der Waals surface area contributed by atoms with E-state index in [4.69, 9.17) is 16.0 Å². The third kappa shape index (κ3) is 3.50. The van der Waals surface area contributed by atoms with E-state index in [9.17, 15) is 26.4 Å². The van der Waals surface area contributed by atoms with Crippen molar-refractivity contribution in [2.75, 3.05) is 0 Å². The summed E-state index contributed by atoms with van der Waals surface area (Å²) in [6.07, 6.45) is 0. The van der Waals surface area contributed by atoms with Crippen LogP contribution in [-0.4, -0.2) is 13.9 Å². The number of benzene rings is 3. The molecule has 30 heavy (non-hydrogen) atoms. The van der Waals surface area contributed by atoms with Gasteiger partial charge in [-0.1, -0.05) is 35.9 Å². The van der Waals surface area contributed by atoms with Crippen LogP contribution in [0.15, 0.2) is 69.9 Å². The van der Waals surface area contributed by atoms with Gasteiger partial charge in [0.25, 0.3) is 0 Å². The fourth-order valence-corrected chi connectivity index (χ4v) is 3.61. The number of alkyl halides is 3. The highest BCUT2D eigenvalue weighted by molar-refractivity contribution is 7.88. The molecular weight excluding hydrogens is 445 g/mol. The van der Waals surface area contributed by atoms with Gasteiger partial charge in [-0.2, -0.15) is 21.6 Å². The Hall–Kier alpha value is -3.04. The van der Waals surface area contributed by atoms with Gasteiger partial charge in [0.05, 0.1) is 5.39 Å². The molecule has 4 aromatic rings. The summed E-state index contributed by atoms with van der Waals surface area (Å²) in [6.45, 7) is 0. The second kappa shape index (κ2) is 7.03. The van der Waals surface area contributed by atoms with Gasteiger partial charge in [-0.15, -0.1) is 0 Å². The Labute approximate surface area is 172 Å². The lowest BCUT2D eigenvalue weighted by Crippen LogP contribution is -2.28. The van der Waals surface area contributed by atoms with E-state index in [2.05, 4.69) is 4.18 Å². The fourth-order valence-electron chi connectivity index (χ4n) is 2.96. The lowest BCUT2D eigenvalue weighted by atomic mass is 10.0. The molecule has 154 valence electrons. The van der Waals surface area contributed by atoms with Gasteiger partial charge in [-0.05, 0) is 47.5 Å². The number of rotatable bonds is 3. The molecule has 0 spiro atoms. The molecule has 0 fully saturated rings. The Morgan fingerprint density at radius 3 is 2.33 bits per heavy atom. The molecule has 0 aliphatic carbocycles. The molecule has 0 N–H and O–H groups in total. The highest BCUT2D eigenvalue weighted by Crippen LogP contribution is 2.36. The number of para-hydroxylation sites is 1. The molecule has 0 aliphatic rings. The Morgan fingerprint density at radius 2 is 1.63 bits per heavy atom. The van der Waals surface area contributed by atoms with Crippen molar-refractivity contribution in [1.82, 2.24) is 0 Å². The van der Waals surface area contributed by atoms with Crippen molar-refractivity contribution < 1.29 is 30.2 Å². The van der Waals surface area contributed by atoms with E-state index in [1.54, 1.807) is 30.3 Å². The van der Waals surface area contributed by atoms with Crippen LogP contribution in [0, 0.1) is 0 Å². The number of hydrogen-bond donors (Lipinski definition) is 0. The third-order valence-electron chi connectivity index (χ3n) is 4.29. The second-order valence-corrected chi connectivity index (χ2v) is 8.24. The van der Waals surface area contributed by atoms with Crippen molar-refractivity contribution in [3.05, 3.63) is 75.9 Å². The first kappa shape index (κ1) is 20.2. The van der Waals surface area contributed by atoms with E-state index in [0.29, 0.717) is 10.6 Å². The Balaban J connectivity index is 2.08. The largest absolute Gasteiger partial charge is 0.534 e. The van der Waals surface area contributed by atoms with Crippen LogP contribution in [0.5, 0.6) is 5.75 Å². The SMILES string of the molecule is O=c1c2ccccc2oc2cc(-c3cccc(Cl)c3)cc(OS(=O)(=O)C(F)(F)F)c12. The zero-order valence-corrected chi connectivity index (χ0v) is 16.3. The van der Waals surface area contributed by atoms with Gasteiger partial charge in [-0.3, -0.25) is 4.79 Å². The van der Waals surface area contributed by atoms with Crippen molar-refractivity contribution >= 4 is 43.7 Å². The quantitative estimate of drug-likeness (QED) is 0.232. The molecule has 0 atom stereocenters. The van der Waals surface area contributed by atoms with E-state index in [1.807, 2.05) is 0 Å². The number of fused-ring (bicyclic) bond motifs is 2. The highest BCUT2D eigenvalue weighted by atomic mass is 35.5. The summed E-state index contributed by atoms with van der Waals surface area (Å²) < 4.78 is 72.1. The zero-order valence-electron chi connectivity index (χ0n) is 14.7. The van der Waals surface area contributed by atoms with Crippen molar-refractivity contribution in [2.45, 2.75) is 5.51 Å². The summed E-state index contributed by atoms with van der Waals surface area (Å²) in [7, 11) is -6.03. The topological polar surface area (TPSA) is 73.6 Å². The third-order valence-corrected chi connectivity index (χ3v) is 5.49. The summed E-state index contributed by atoms with van der Waals surface area (Å²) in [6, 6.07) is 14.8. The smallest absolute Gasteiger partial charge is 0.456 e. The normalized spacial score (nSPS) is 12.4. The standard InChI is InChI=1S/C20H10ClF3O5S/c21-13-5-3-4-11(8-13)12-9-16-18(17(10-12)29-30(26,27)20(22,23)24)19(25)14-6-1-2-7-15(14)28-16/h1-10H. The molecule has 3 aromatic carbocycles. The first-order chi connectivity index (χ1) is 14.1. The first-order valence-corrected chi connectivity index (χ1v) is 10.1. The minimum absolute atomic E-state index is 0.0646. The molecule has 1 heterocycles. The van der Waals surface area contributed by atoms with Gasteiger partial charge in [0.1, 0.15) is 16.6 Å². The van der Waals surface area contributed by atoms with Crippen LogP contribution in [0.4, 0.5) is 13.2 Å². The molecule has 0 unspecified atom stereocenters. The van der Waals surface area contributed by atoms with Crippen LogP contribution in [0.2, 0.25) is 5.02 Å². The van der Waals surface area contributed by atoms with Crippen LogP contribution in [0.1, 0.15) is 0 Å². The monoisotopic (exact) mass is 454 g/mol. The predicted molar refractivity (Wildman–Crippen MR) is 106 cm³/mol. The van der Waals surface area contributed by atoms with Gasteiger partial charge < -0.3 is 8.60 Å². The summed E-state index contributed by atoms with van der Waals surface area (Å²) in [5, 5.41) is -0.0139. The summed E-state index contributed by atoms with van der Waals surface area (Å²) in [4.78, 5) is 12.9. The summed E-state index contributed by atoms with van der Waals surface area (Å²) in [5.41, 5.74) is -5.66. The van der Waals surface area contributed by atoms with Crippen molar-refractivity contribution in [2.24, 2.45) is 0 Å². The molecule has 0 amide bonds. The fraction of sp³-hybridized carbons (Fsp3) is 0.0500. The zero-order chi connectivity index (χ0) is 21.7. The predicted octanol–water partition coefficient (Wildman–Crippen LogP) is 5.50. The van der Waals surface area contributed by atoms with Crippen LogP contribution in [-0.2, 0) is 10.1 Å². The maximum absolute atomic E-state index is 12.9. The van der Waals surface area contributed by atoms with E-state index >= 15 is 0 Å². The molecule has 0 saturated heterocycles. The summed E-state index contributed by atoms with van der Waals surface area (Å²) in [5.74, 6) is -0.792. The maximum atomic E-state index is 12.9. The second-order valence-electron chi connectivity index (χ2n) is 6.27. The van der Waals surface area contributed by atoms with Gasteiger partial charge >= 0.3 is 15.6 Å². The van der Waals surface area contributed by atoms with Gasteiger partial charge in [0.15, 0.2) is 5.75 Å². The molecule has 0 saturated carbocycles. The lowest BCUT2D eigenvalue weighted by Gasteiger charge is -2.13. The van der Waals surface area contributed by atoms with E-state index in [0.717, 1.165) is 6.07 Å². The average molecular weight is 455 g/mol. The van der Waals surface area contributed by atoms with Crippen molar-refractivity contribution in [3.63, 3.8) is 0 Å². The number of hydrogen-bond acceptors (Lipinski definition) is 5. The maximum Gasteiger partial charge on any atom is 0.534 e. The van der Waals surface area contributed by atoms with Gasteiger partial charge in [0.2, 0.25) is 5.43 Å². The van der Waals surface area contributed by atoms with E-state index in [1.165, 1.54) is 24.3 Å². The van der Waals surface area contributed by atoms with E-state index < -0.39 is 32.2 Å². The van der Waals surface area contributed by atoms with E-state index in [-0.39, 0.29) is 22.1 Å².